The third-order valence-electron chi connectivity index (χ3n) is 4.10. The van der Waals surface area contributed by atoms with E-state index in [-0.39, 0.29) is 17.9 Å². The molecule has 1 aliphatic heterocycles. The van der Waals surface area contributed by atoms with E-state index in [1.54, 1.807) is 0 Å². The summed E-state index contributed by atoms with van der Waals surface area (Å²) in [5.41, 5.74) is 1.11. The van der Waals surface area contributed by atoms with Gasteiger partial charge in [-0.15, -0.1) is 0 Å². The van der Waals surface area contributed by atoms with Crippen molar-refractivity contribution in [2.75, 3.05) is 13.1 Å². The smallest absolute Gasteiger partial charge is 0.227 e. The van der Waals surface area contributed by atoms with Crippen molar-refractivity contribution in [3.8, 4) is 0 Å². The van der Waals surface area contributed by atoms with Crippen LogP contribution in [0.2, 0.25) is 0 Å². The van der Waals surface area contributed by atoms with Gasteiger partial charge >= 0.3 is 0 Å². The molecule has 19 heavy (non-hydrogen) atoms. The molecule has 1 amide bonds. The Morgan fingerprint density at radius 2 is 2.16 bits per heavy atom. The Morgan fingerprint density at radius 1 is 1.42 bits per heavy atom. The first kappa shape index (κ1) is 14.1. The normalized spacial score (nSPS) is 21.9. The van der Waals surface area contributed by atoms with Gasteiger partial charge in [0, 0.05) is 6.04 Å². The van der Waals surface area contributed by atoms with Gasteiger partial charge < -0.3 is 10.6 Å². The molecule has 0 aromatic heterocycles. The van der Waals surface area contributed by atoms with Crippen LogP contribution in [0, 0.1) is 5.92 Å². The Balaban J connectivity index is 1.97. The second kappa shape index (κ2) is 6.71. The highest BCUT2D eigenvalue weighted by molar-refractivity contribution is 5.83. The van der Waals surface area contributed by atoms with E-state index in [0.717, 1.165) is 31.5 Å². The van der Waals surface area contributed by atoms with Gasteiger partial charge in [0.1, 0.15) is 0 Å². The third-order valence-corrected chi connectivity index (χ3v) is 4.10. The van der Waals surface area contributed by atoms with Crippen molar-refractivity contribution in [1.82, 2.24) is 10.6 Å². The average Bonchev–Trinajstić information content (AvgIpc) is 2.94. The molecule has 0 spiro atoms. The van der Waals surface area contributed by atoms with Crippen LogP contribution in [0.25, 0.3) is 0 Å². The lowest BCUT2D eigenvalue weighted by Gasteiger charge is -2.23. The zero-order valence-electron chi connectivity index (χ0n) is 11.9. The summed E-state index contributed by atoms with van der Waals surface area (Å²) in [7, 11) is 0. The molecule has 0 aliphatic carbocycles. The summed E-state index contributed by atoms with van der Waals surface area (Å²) >= 11 is 0. The summed E-state index contributed by atoms with van der Waals surface area (Å²) in [4.78, 5) is 12.4. The Labute approximate surface area is 115 Å². The molecule has 3 nitrogen and oxygen atoms in total. The lowest BCUT2D eigenvalue weighted by molar-refractivity contribution is -0.123. The van der Waals surface area contributed by atoms with E-state index < -0.39 is 0 Å². The van der Waals surface area contributed by atoms with Crippen LogP contribution in [0.1, 0.15) is 38.2 Å². The molecule has 3 heteroatoms. The van der Waals surface area contributed by atoms with E-state index in [9.17, 15) is 4.79 Å². The number of hydrogen-bond acceptors (Lipinski definition) is 2. The molecule has 3 unspecified atom stereocenters. The lowest BCUT2D eigenvalue weighted by atomic mass is 9.94. The van der Waals surface area contributed by atoms with Crippen LogP contribution in [-0.4, -0.2) is 25.0 Å². The number of rotatable bonds is 5. The van der Waals surface area contributed by atoms with Gasteiger partial charge in [0.15, 0.2) is 0 Å². The van der Waals surface area contributed by atoms with Crippen molar-refractivity contribution in [2.45, 2.75) is 38.6 Å². The first-order chi connectivity index (χ1) is 9.22. The minimum absolute atomic E-state index is 0.0296. The van der Waals surface area contributed by atoms with E-state index >= 15 is 0 Å². The van der Waals surface area contributed by atoms with Crippen molar-refractivity contribution in [1.29, 1.82) is 0 Å². The van der Waals surface area contributed by atoms with Gasteiger partial charge in [-0.2, -0.15) is 0 Å². The number of hydrogen-bond donors (Lipinski definition) is 2. The van der Waals surface area contributed by atoms with Gasteiger partial charge in [-0.25, -0.2) is 0 Å². The van der Waals surface area contributed by atoms with Crippen LogP contribution < -0.4 is 10.6 Å². The maximum absolute atomic E-state index is 12.4. The zero-order chi connectivity index (χ0) is 13.7. The molecule has 0 bridgehead atoms. The SMILES string of the molecule is CCC(C(=O)NC(C)C1CCNC1)c1ccccc1. The maximum Gasteiger partial charge on any atom is 0.227 e. The van der Waals surface area contributed by atoms with Gasteiger partial charge in [0.25, 0.3) is 0 Å². The van der Waals surface area contributed by atoms with Crippen molar-refractivity contribution >= 4 is 5.91 Å². The van der Waals surface area contributed by atoms with Crippen LogP contribution in [0.4, 0.5) is 0 Å². The molecule has 104 valence electrons. The van der Waals surface area contributed by atoms with Gasteiger partial charge in [0.2, 0.25) is 5.91 Å². The largest absolute Gasteiger partial charge is 0.353 e. The predicted molar refractivity (Wildman–Crippen MR) is 78.1 cm³/mol. The van der Waals surface area contributed by atoms with Gasteiger partial charge in [-0.3, -0.25) is 4.79 Å². The summed E-state index contributed by atoms with van der Waals surface area (Å²) in [6.07, 6.45) is 2.00. The van der Waals surface area contributed by atoms with Crippen LogP contribution >= 0.6 is 0 Å². The fraction of sp³-hybridized carbons (Fsp3) is 0.562. The van der Waals surface area contributed by atoms with E-state index in [1.807, 2.05) is 30.3 Å². The van der Waals surface area contributed by atoms with Crippen molar-refractivity contribution in [3.05, 3.63) is 35.9 Å². The summed E-state index contributed by atoms with van der Waals surface area (Å²) in [6.45, 7) is 6.27. The highest BCUT2D eigenvalue weighted by atomic mass is 16.1. The number of carbonyl (C=O) groups is 1. The Hall–Kier alpha value is -1.35. The summed E-state index contributed by atoms with van der Waals surface area (Å²) < 4.78 is 0. The van der Waals surface area contributed by atoms with Crippen molar-refractivity contribution < 1.29 is 4.79 Å². The minimum atomic E-state index is -0.0296. The first-order valence-electron chi connectivity index (χ1n) is 7.28. The molecule has 1 aliphatic rings. The summed E-state index contributed by atoms with van der Waals surface area (Å²) in [5, 5.41) is 6.54. The molecule has 1 saturated heterocycles. The van der Waals surface area contributed by atoms with E-state index in [2.05, 4.69) is 24.5 Å². The number of amides is 1. The molecule has 2 rings (SSSR count). The Kier molecular flexibility index (Phi) is 4.97. The molecule has 3 atom stereocenters. The minimum Gasteiger partial charge on any atom is -0.353 e. The molecule has 0 saturated carbocycles. The summed E-state index contributed by atoms with van der Waals surface area (Å²) in [5.74, 6) is 0.698. The number of nitrogens with one attached hydrogen (secondary N) is 2. The van der Waals surface area contributed by atoms with Gasteiger partial charge in [0.05, 0.1) is 5.92 Å². The molecule has 0 radical (unpaired) electrons. The molecule has 1 fully saturated rings. The van der Waals surface area contributed by atoms with Crippen LogP contribution in [0.3, 0.4) is 0 Å². The quantitative estimate of drug-likeness (QED) is 0.853. The van der Waals surface area contributed by atoms with Crippen LogP contribution in [-0.2, 0) is 4.79 Å². The fourth-order valence-corrected chi connectivity index (χ4v) is 2.80. The average molecular weight is 260 g/mol. The van der Waals surface area contributed by atoms with Crippen LogP contribution in [0.5, 0.6) is 0 Å². The highest BCUT2D eigenvalue weighted by Gasteiger charge is 2.25. The van der Waals surface area contributed by atoms with Crippen molar-refractivity contribution in [2.24, 2.45) is 5.92 Å². The third kappa shape index (κ3) is 3.57. The molecule has 2 N–H and O–H groups in total. The molecule has 1 aromatic rings. The van der Waals surface area contributed by atoms with E-state index in [1.165, 1.54) is 0 Å². The van der Waals surface area contributed by atoms with Gasteiger partial charge in [-0.05, 0) is 44.3 Å². The Bertz CT molecular complexity index is 398. The predicted octanol–water partition coefficient (Wildman–Crippen LogP) is 2.29. The maximum atomic E-state index is 12.4. The fourth-order valence-electron chi connectivity index (χ4n) is 2.80. The lowest BCUT2D eigenvalue weighted by Crippen LogP contribution is -2.41. The standard InChI is InChI=1S/C16H24N2O/c1-3-15(13-7-5-4-6-8-13)16(19)18-12(2)14-9-10-17-11-14/h4-8,12,14-15,17H,3,9-11H2,1-2H3,(H,18,19). The number of benzene rings is 1. The first-order valence-corrected chi connectivity index (χ1v) is 7.28. The second-order valence-electron chi connectivity index (χ2n) is 5.42. The molecule has 1 heterocycles. The molecular formula is C16H24N2O. The van der Waals surface area contributed by atoms with E-state index in [0.29, 0.717) is 5.92 Å². The molecular weight excluding hydrogens is 236 g/mol. The van der Waals surface area contributed by atoms with E-state index in [4.69, 9.17) is 0 Å². The topological polar surface area (TPSA) is 41.1 Å². The monoisotopic (exact) mass is 260 g/mol. The second-order valence-corrected chi connectivity index (χ2v) is 5.42. The van der Waals surface area contributed by atoms with Crippen LogP contribution in [0.15, 0.2) is 30.3 Å². The number of carbonyl (C=O) groups excluding carboxylic acids is 1. The summed E-state index contributed by atoms with van der Waals surface area (Å²) in [6, 6.07) is 10.3. The molecule has 1 aromatic carbocycles. The van der Waals surface area contributed by atoms with Crippen molar-refractivity contribution in [3.63, 3.8) is 0 Å². The van der Waals surface area contributed by atoms with Gasteiger partial charge in [-0.1, -0.05) is 37.3 Å². The highest BCUT2D eigenvalue weighted by Crippen LogP contribution is 2.20. The zero-order valence-corrected chi connectivity index (χ0v) is 11.9. The Morgan fingerprint density at radius 3 is 2.74 bits per heavy atom.